The molecule has 0 unspecified atom stereocenters. The maximum absolute atomic E-state index is 4.01. The van der Waals surface area contributed by atoms with Gasteiger partial charge in [0, 0.05) is 89.8 Å². The van der Waals surface area contributed by atoms with Crippen LogP contribution in [0.25, 0.3) is 107 Å². The van der Waals surface area contributed by atoms with Crippen LogP contribution in [0, 0.1) is 96.9 Å². The first-order valence-electron chi connectivity index (χ1n) is 46.4. The van der Waals surface area contributed by atoms with Gasteiger partial charge in [-0.25, -0.2) is 0 Å². The Kier molecular flexibility index (Phi) is 25.3. The Morgan fingerprint density at radius 1 is 0.194 bits per heavy atom. The summed E-state index contributed by atoms with van der Waals surface area (Å²) in [7, 11) is 0. The van der Waals surface area contributed by atoms with Crippen molar-refractivity contribution >= 4 is 130 Å². The van der Waals surface area contributed by atoms with Crippen LogP contribution in [0.4, 0.5) is 68.2 Å². The number of aromatic nitrogens is 2. The monoisotopic (exact) mass is 1730 g/mol. The third-order valence-electron chi connectivity index (χ3n) is 26.1. The molecule has 656 valence electrons. The molecular formula is C128H114N6. The zero-order valence-electron chi connectivity index (χ0n) is 79.4. The van der Waals surface area contributed by atoms with Crippen LogP contribution in [0.5, 0.6) is 0 Å². The average molecular weight is 1740 g/mol. The van der Waals surface area contributed by atoms with E-state index in [1.807, 2.05) is 18.2 Å². The van der Waals surface area contributed by atoms with Gasteiger partial charge in [-0.2, -0.15) is 0 Å². The zero-order valence-corrected chi connectivity index (χ0v) is 79.4. The molecule has 0 N–H and O–H groups in total. The lowest BCUT2D eigenvalue weighted by Gasteiger charge is -2.31. The third kappa shape index (κ3) is 18.0. The smallest absolute Gasteiger partial charge is 0.0541 e. The molecule has 0 spiro atoms. The maximum atomic E-state index is 4.01. The van der Waals surface area contributed by atoms with Crippen LogP contribution in [0.15, 0.2) is 402 Å². The van der Waals surface area contributed by atoms with Crippen molar-refractivity contribution in [3.63, 3.8) is 0 Å². The van der Waals surface area contributed by atoms with Crippen molar-refractivity contribution in [2.24, 2.45) is 0 Å². The number of anilines is 12. The molecule has 0 atom stereocenters. The van der Waals surface area contributed by atoms with Gasteiger partial charge in [0.15, 0.2) is 0 Å². The molecule has 6 heteroatoms. The molecule has 0 saturated heterocycles. The minimum absolute atomic E-state index is 1.13. The molecule has 0 radical (unpaired) electrons. The molecule has 20 aromatic rings. The van der Waals surface area contributed by atoms with Gasteiger partial charge in [0.25, 0.3) is 0 Å². The summed E-state index contributed by atoms with van der Waals surface area (Å²) in [4.78, 5) is 9.55. The van der Waals surface area contributed by atoms with Crippen LogP contribution in [-0.2, 0) is 0 Å². The van der Waals surface area contributed by atoms with Crippen LogP contribution in [-0.4, -0.2) is 9.13 Å². The van der Waals surface area contributed by atoms with E-state index >= 15 is 0 Å². The highest BCUT2D eigenvalue weighted by molar-refractivity contribution is 6.11. The molecule has 0 bridgehead atoms. The van der Waals surface area contributed by atoms with E-state index < -0.39 is 0 Å². The van der Waals surface area contributed by atoms with E-state index in [1.165, 1.54) is 195 Å². The highest BCUT2D eigenvalue weighted by Crippen LogP contribution is 2.48. The molecule has 0 amide bonds. The second kappa shape index (κ2) is 38.2. The lowest BCUT2D eigenvalue weighted by atomic mass is 9.93. The molecule has 2 heterocycles. The molecule has 0 fully saturated rings. The number of benzene rings is 18. The molecule has 20 rings (SSSR count). The van der Waals surface area contributed by atoms with E-state index in [4.69, 9.17) is 0 Å². The Bertz CT molecular complexity index is 7690. The minimum atomic E-state index is 1.13. The number of rotatable bonds is 20. The summed E-state index contributed by atoms with van der Waals surface area (Å²) in [6.07, 6.45) is 5.76. The Hall–Kier alpha value is -16.0. The molecule has 0 saturated carbocycles. The van der Waals surface area contributed by atoms with Crippen molar-refractivity contribution in [3.8, 4) is 44.8 Å². The van der Waals surface area contributed by atoms with Gasteiger partial charge >= 0.3 is 0 Å². The van der Waals surface area contributed by atoms with Crippen molar-refractivity contribution in [3.05, 3.63) is 496 Å². The number of para-hydroxylation sites is 3. The summed E-state index contributed by atoms with van der Waals surface area (Å²) in [5.41, 5.74) is 49.2. The van der Waals surface area contributed by atoms with Crippen molar-refractivity contribution in [1.82, 2.24) is 9.13 Å². The predicted molar refractivity (Wildman–Crippen MR) is 580 cm³/mol. The van der Waals surface area contributed by atoms with Crippen molar-refractivity contribution < 1.29 is 0 Å². The molecule has 0 aliphatic carbocycles. The summed E-state index contributed by atoms with van der Waals surface area (Å²) in [6, 6.07) is 139. The maximum Gasteiger partial charge on any atom is 0.0541 e. The van der Waals surface area contributed by atoms with Gasteiger partial charge < -0.3 is 28.7 Å². The number of nitrogens with zero attached hydrogens (tertiary/aromatic N) is 6. The van der Waals surface area contributed by atoms with Gasteiger partial charge in [-0.15, -0.1) is 0 Å². The van der Waals surface area contributed by atoms with E-state index in [-0.39, 0.29) is 0 Å². The Labute approximate surface area is 791 Å². The van der Waals surface area contributed by atoms with Gasteiger partial charge in [-0.05, 0) is 425 Å². The standard InChI is InChI=1S/C46H46N2.C44H42N2.C38H26N2/c1-10-38-20-21-44(29-33(38)5)48(43-19-13-16-32(4)24-43)46-36(8)27-40(28-37(46)9)39-25-34(6)45(35(7)26-39)47(41-17-11-14-30(2)22-41)42-18-12-15-31(3)23-42;1-8-36-18-21-42(29-33(36)5)46(41-17-11-14-32(4)26-41)44-23-20-38(28-35(44)7)37-19-22-43(34(6)27-37)45(39-15-9-12-30(2)24-39)40-16-10-13-31(3)25-40;1-2-26-15-24-38-34(25-26)33-11-5-8-14-37(33)40(38)30-22-18-28(19-23-30)27-16-20-29(21-17-27)39-35-12-6-3-9-31(35)32-10-4-7-13-36(32)39/h10-29H,1H2,2-9H3;8-29H,1H2,2-7H3;2-25H,1H2. The van der Waals surface area contributed by atoms with Gasteiger partial charge in [-0.3, -0.25) is 0 Å². The van der Waals surface area contributed by atoms with Crippen LogP contribution in [0.1, 0.15) is 94.6 Å². The first-order chi connectivity index (χ1) is 65.0. The third-order valence-corrected chi connectivity index (χ3v) is 26.1. The molecule has 0 aliphatic rings. The second-order valence-corrected chi connectivity index (χ2v) is 36.1. The molecule has 0 aliphatic heterocycles. The van der Waals surface area contributed by atoms with Gasteiger partial charge in [0.1, 0.15) is 0 Å². The van der Waals surface area contributed by atoms with Gasteiger partial charge in [-0.1, -0.05) is 220 Å². The normalized spacial score (nSPS) is 11.1. The van der Waals surface area contributed by atoms with E-state index in [0.29, 0.717) is 0 Å². The second-order valence-electron chi connectivity index (χ2n) is 36.1. The Morgan fingerprint density at radius 2 is 0.478 bits per heavy atom. The minimum Gasteiger partial charge on any atom is -0.310 e. The largest absolute Gasteiger partial charge is 0.310 e. The van der Waals surface area contributed by atoms with E-state index in [1.54, 1.807) is 0 Å². The van der Waals surface area contributed by atoms with E-state index in [0.717, 1.165) is 56.5 Å². The Balaban J connectivity index is 0.000000135. The molecule has 134 heavy (non-hydrogen) atoms. The fourth-order valence-corrected chi connectivity index (χ4v) is 19.7. The SMILES string of the molecule is C=Cc1ccc(N(c2cccc(C)c2)c2c(C)cc(-c3cc(C)c(N(c4cccc(C)c4)c4cccc(C)c4)c(C)c3)cc2C)cc1C.C=Cc1ccc(N(c2cccc(C)c2)c2ccc(-c3ccc(N(c4cccc(C)c4)c4cccc(C)c4)c(C)c3)cc2C)cc1C.C=Cc1ccc2c(c1)c1ccccc1n2-c1ccc(-c2ccc(-n3c4ccccc4c4ccccc43)cc2)cc1. The summed E-state index contributed by atoms with van der Waals surface area (Å²) in [5.74, 6) is 0. The summed E-state index contributed by atoms with van der Waals surface area (Å²) >= 11 is 0. The highest BCUT2D eigenvalue weighted by Gasteiger charge is 2.26. The van der Waals surface area contributed by atoms with Crippen molar-refractivity contribution in [2.75, 3.05) is 19.6 Å². The molecule has 18 aromatic carbocycles. The molecule has 6 nitrogen and oxygen atoms in total. The van der Waals surface area contributed by atoms with Crippen LogP contribution >= 0.6 is 0 Å². The van der Waals surface area contributed by atoms with Crippen molar-refractivity contribution in [1.29, 1.82) is 0 Å². The lowest BCUT2D eigenvalue weighted by molar-refractivity contribution is 1.18. The topological polar surface area (TPSA) is 22.8 Å². The average Bonchev–Trinajstić information content (AvgIpc) is 1.62. The fourth-order valence-electron chi connectivity index (χ4n) is 19.7. The predicted octanol–water partition coefficient (Wildman–Crippen LogP) is 36.4. The van der Waals surface area contributed by atoms with Gasteiger partial charge in [0.05, 0.1) is 33.4 Å². The zero-order chi connectivity index (χ0) is 93.1. The lowest BCUT2D eigenvalue weighted by Crippen LogP contribution is -2.14. The Morgan fingerprint density at radius 3 is 0.784 bits per heavy atom. The highest BCUT2D eigenvalue weighted by atomic mass is 15.2. The van der Waals surface area contributed by atoms with Crippen LogP contribution in [0.3, 0.4) is 0 Å². The first kappa shape index (κ1) is 88.6. The van der Waals surface area contributed by atoms with Crippen LogP contribution in [0.2, 0.25) is 0 Å². The van der Waals surface area contributed by atoms with E-state index in [2.05, 4.69) is 528 Å². The quantitative estimate of drug-likeness (QED) is 0.0758. The van der Waals surface area contributed by atoms with Crippen LogP contribution < -0.4 is 19.6 Å². The number of aryl methyl sites for hydroxylation is 14. The van der Waals surface area contributed by atoms with E-state index in [9.17, 15) is 0 Å². The first-order valence-corrected chi connectivity index (χ1v) is 46.4. The van der Waals surface area contributed by atoms with Crippen molar-refractivity contribution in [2.45, 2.75) is 96.9 Å². The summed E-state index contributed by atoms with van der Waals surface area (Å²) < 4.78 is 4.71. The molecule has 2 aromatic heterocycles. The molecular weight excluding hydrogens is 1620 g/mol. The number of hydrogen-bond acceptors (Lipinski definition) is 4. The number of hydrogen-bond donors (Lipinski definition) is 0. The van der Waals surface area contributed by atoms with Gasteiger partial charge in [0.2, 0.25) is 0 Å². The summed E-state index contributed by atoms with van der Waals surface area (Å²) in [5, 5.41) is 5.07. The summed E-state index contributed by atoms with van der Waals surface area (Å²) in [6.45, 7) is 42.6. The number of fused-ring (bicyclic) bond motifs is 6. The fraction of sp³-hybridized carbons (Fsp3) is 0.109.